The maximum atomic E-state index is 13.0. The van der Waals surface area contributed by atoms with Gasteiger partial charge < -0.3 is 10.1 Å². The first-order valence-corrected chi connectivity index (χ1v) is 11.1. The molecule has 0 bridgehead atoms. The predicted molar refractivity (Wildman–Crippen MR) is 122 cm³/mol. The average Bonchev–Trinajstić information content (AvgIpc) is 2.81. The van der Waals surface area contributed by atoms with Crippen LogP contribution in [-0.4, -0.2) is 28.0 Å². The number of hydrogen-bond donors (Lipinski definition) is 1. The van der Waals surface area contributed by atoms with Gasteiger partial charge in [0.15, 0.2) is 0 Å². The quantitative estimate of drug-likeness (QED) is 0.515. The molecule has 3 aromatic carbocycles. The van der Waals surface area contributed by atoms with Crippen molar-refractivity contribution in [2.45, 2.75) is 11.4 Å². The van der Waals surface area contributed by atoms with Gasteiger partial charge in [-0.3, -0.25) is 9.10 Å². The molecule has 0 saturated heterocycles. The normalized spacial score (nSPS) is 10.9. The van der Waals surface area contributed by atoms with Crippen LogP contribution in [0.5, 0.6) is 5.75 Å². The third-order valence-corrected chi connectivity index (χ3v) is 6.48. The lowest BCUT2D eigenvalue weighted by Crippen LogP contribution is -2.31. The number of carbonyl (C=O) groups excluding carboxylic acids is 1. The highest BCUT2D eigenvalue weighted by atomic mass is 32.2. The predicted octanol–water partition coefficient (Wildman–Crippen LogP) is 4.01. The zero-order valence-electron chi connectivity index (χ0n) is 17.2. The topological polar surface area (TPSA) is 75.7 Å². The monoisotopic (exact) mass is 436 g/mol. The Hall–Kier alpha value is -3.58. The summed E-state index contributed by atoms with van der Waals surface area (Å²) >= 11 is 0. The highest BCUT2D eigenvalue weighted by molar-refractivity contribution is 7.92. The van der Waals surface area contributed by atoms with Gasteiger partial charge in [-0.25, -0.2) is 8.42 Å². The molecule has 0 aliphatic carbocycles. The summed E-state index contributed by atoms with van der Waals surface area (Å²) in [6.07, 6.45) is 1.52. The Kier molecular flexibility index (Phi) is 7.10. The summed E-state index contributed by atoms with van der Waals surface area (Å²) in [5.41, 5.74) is 1.74. The summed E-state index contributed by atoms with van der Waals surface area (Å²) in [6, 6.07) is 22.1. The number of anilines is 1. The van der Waals surface area contributed by atoms with Crippen molar-refractivity contribution in [3.63, 3.8) is 0 Å². The molecule has 7 heteroatoms. The molecule has 0 heterocycles. The van der Waals surface area contributed by atoms with Crippen LogP contribution in [0.15, 0.2) is 96.4 Å². The van der Waals surface area contributed by atoms with Gasteiger partial charge in [0.2, 0.25) is 0 Å². The zero-order chi connectivity index (χ0) is 22.3. The van der Waals surface area contributed by atoms with Crippen LogP contribution in [0.25, 0.3) is 0 Å². The van der Waals surface area contributed by atoms with Gasteiger partial charge in [-0.05, 0) is 42.5 Å². The molecule has 6 nitrogen and oxygen atoms in total. The summed E-state index contributed by atoms with van der Waals surface area (Å²) in [4.78, 5) is 12.7. The number of ether oxygens (including phenoxy) is 1. The van der Waals surface area contributed by atoms with Crippen LogP contribution in [-0.2, 0) is 16.6 Å². The average molecular weight is 437 g/mol. The van der Waals surface area contributed by atoms with Gasteiger partial charge in [0.1, 0.15) is 5.75 Å². The minimum Gasteiger partial charge on any atom is -0.496 e. The van der Waals surface area contributed by atoms with Crippen LogP contribution >= 0.6 is 0 Å². The molecule has 0 radical (unpaired) electrons. The van der Waals surface area contributed by atoms with E-state index in [1.165, 1.54) is 10.4 Å². The van der Waals surface area contributed by atoms with Gasteiger partial charge in [0.25, 0.3) is 15.9 Å². The third kappa shape index (κ3) is 5.13. The number of amides is 1. The van der Waals surface area contributed by atoms with Crippen LogP contribution < -0.4 is 14.4 Å². The number of methoxy groups -OCH3 is 1. The van der Waals surface area contributed by atoms with E-state index in [-0.39, 0.29) is 17.3 Å². The number of rotatable bonds is 9. The van der Waals surface area contributed by atoms with E-state index in [0.717, 1.165) is 5.56 Å². The second-order valence-electron chi connectivity index (χ2n) is 6.68. The van der Waals surface area contributed by atoms with Crippen molar-refractivity contribution in [3.8, 4) is 5.75 Å². The fourth-order valence-corrected chi connectivity index (χ4v) is 4.54. The SMILES string of the molecule is C=CCN(c1ccc(C(=O)NCc2ccccc2OC)cc1)S(=O)(=O)c1ccccc1. The Labute approximate surface area is 182 Å². The first-order chi connectivity index (χ1) is 15.0. The summed E-state index contributed by atoms with van der Waals surface area (Å²) in [5, 5.41) is 2.85. The Morgan fingerprint density at radius 1 is 1.00 bits per heavy atom. The Morgan fingerprint density at radius 3 is 2.29 bits per heavy atom. The van der Waals surface area contributed by atoms with Crippen LogP contribution in [0.4, 0.5) is 5.69 Å². The van der Waals surface area contributed by atoms with E-state index in [9.17, 15) is 13.2 Å². The van der Waals surface area contributed by atoms with Gasteiger partial charge in [-0.1, -0.05) is 42.5 Å². The van der Waals surface area contributed by atoms with Gasteiger partial charge in [0, 0.05) is 17.7 Å². The molecule has 160 valence electrons. The van der Waals surface area contributed by atoms with Crippen molar-refractivity contribution in [2.24, 2.45) is 0 Å². The van der Waals surface area contributed by atoms with E-state index >= 15 is 0 Å². The number of nitrogens with zero attached hydrogens (tertiary/aromatic N) is 1. The molecule has 0 fully saturated rings. The summed E-state index contributed by atoms with van der Waals surface area (Å²) < 4.78 is 32.6. The molecule has 0 saturated carbocycles. The summed E-state index contributed by atoms with van der Waals surface area (Å²) in [5.74, 6) is 0.433. The number of nitrogens with one attached hydrogen (secondary N) is 1. The third-order valence-electron chi connectivity index (χ3n) is 4.68. The Bertz CT molecular complexity index is 1140. The summed E-state index contributed by atoms with van der Waals surface area (Å²) in [7, 11) is -2.17. The zero-order valence-corrected chi connectivity index (χ0v) is 18.0. The molecule has 0 aliphatic heterocycles. The van der Waals surface area contributed by atoms with E-state index in [4.69, 9.17) is 4.74 Å². The smallest absolute Gasteiger partial charge is 0.264 e. The number of benzene rings is 3. The molecule has 1 amide bonds. The maximum Gasteiger partial charge on any atom is 0.264 e. The van der Waals surface area contributed by atoms with Gasteiger partial charge >= 0.3 is 0 Å². The molecule has 0 aliphatic rings. The van der Waals surface area contributed by atoms with Crippen LogP contribution in [0.1, 0.15) is 15.9 Å². The van der Waals surface area contributed by atoms with Crippen molar-refractivity contribution >= 4 is 21.6 Å². The maximum absolute atomic E-state index is 13.0. The van der Waals surface area contributed by atoms with Crippen LogP contribution in [0, 0.1) is 0 Å². The Morgan fingerprint density at radius 2 is 1.65 bits per heavy atom. The van der Waals surface area contributed by atoms with Gasteiger partial charge in [-0.15, -0.1) is 6.58 Å². The Balaban J connectivity index is 1.77. The number of hydrogen-bond acceptors (Lipinski definition) is 4. The highest BCUT2D eigenvalue weighted by Gasteiger charge is 2.24. The van der Waals surface area contributed by atoms with Crippen molar-refractivity contribution in [3.05, 3.63) is 103 Å². The molecule has 31 heavy (non-hydrogen) atoms. The second kappa shape index (κ2) is 9.95. The molecule has 3 aromatic rings. The van der Waals surface area contributed by atoms with Gasteiger partial charge in [-0.2, -0.15) is 0 Å². The lowest BCUT2D eigenvalue weighted by Gasteiger charge is -2.23. The van der Waals surface area contributed by atoms with Crippen LogP contribution in [0.2, 0.25) is 0 Å². The lowest BCUT2D eigenvalue weighted by molar-refractivity contribution is 0.0950. The molecule has 0 unspecified atom stereocenters. The standard InChI is InChI=1S/C24H24N2O4S/c1-3-17-26(31(28,29)22-10-5-4-6-11-22)21-15-13-19(14-16-21)24(27)25-18-20-9-7-8-12-23(20)30-2/h3-16H,1,17-18H2,2H3,(H,25,27). The van der Waals surface area contributed by atoms with E-state index in [1.54, 1.807) is 61.7 Å². The first-order valence-electron chi connectivity index (χ1n) is 9.66. The number of carbonyl (C=O) groups is 1. The molecule has 1 N–H and O–H groups in total. The largest absolute Gasteiger partial charge is 0.496 e. The molecule has 3 rings (SSSR count). The molecule has 0 spiro atoms. The molecule has 0 atom stereocenters. The van der Waals surface area contributed by atoms with Gasteiger partial charge in [0.05, 0.1) is 24.2 Å². The minimum atomic E-state index is -3.76. The van der Waals surface area contributed by atoms with Crippen molar-refractivity contribution in [1.29, 1.82) is 0 Å². The molecular formula is C24H24N2O4S. The molecule has 0 aromatic heterocycles. The second-order valence-corrected chi connectivity index (χ2v) is 8.54. The first kappa shape index (κ1) is 22.1. The van der Waals surface area contributed by atoms with Crippen molar-refractivity contribution < 1.29 is 17.9 Å². The number of sulfonamides is 1. The fraction of sp³-hybridized carbons (Fsp3) is 0.125. The number of para-hydroxylation sites is 1. The molecular weight excluding hydrogens is 412 g/mol. The highest BCUT2D eigenvalue weighted by Crippen LogP contribution is 2.24. The van der Waals surface area contributed by atoms with E-state index < -0.39 is 10.0 Å². The van der Waals surface area contributed by atoms with Crippen molar-refractivity contribution in [1.82, 2.24) is 5.32 Å². The van der Waals surface area contributed by atoms with E-state index in [1.807, 2.05) is 24.3 Å². The van der Waals surface area contributed by atoms with Crippen molar-refractivity contribution in [2.75, 3.05) is 18.0 Å². The minimum absolute atomic E-state index is 0.108. The van der Waals surface area contributed by atoms with Crippen LogP contribution in [0.3, 0.4) is 0 Å². The van der Waals surface area contributed by atoms with E-state index in [2.05, 4.69) is 11.9 Å². The summed E-state index contributed by atoms with van der Waals surface area (Å²) in [6.45, 7) is 4.09. The van der Waals surface area contributed by atoms with E-state index in [0.29, 0.717) is 23.5 Å². The fourth-order valence-electron chi connectivity index (χ4n) is 3.08. The lowest BCUT2D eigenvalue weighted by atomic mass is 10.1.